The highest BCUT2D eigenvalue weighted by atomic mass is 35.5. The highest BCUT2D eigenvalue weighted by molar-refractivity contribution is 6.32. The Kier molecular flexibility index (Phi) is 2.98. The van der Waals surface area contributed by atoms with Crippen molar-refractivity contribution in [3.63, 3.8) is 0 Å². The van der Waals surface area contributed by atoms with Crippen LogP contribution in [0.3, 0.4) is 0 Å². The van der Waals surface area contributed by atoms with Crippen molar-refractivity contribution < 1.29 is 0 Å². The molecule has 1 heterocycles. The van der Waals surface area contributed by atoms with E-state index in [1.54, 1.807) is 0 Å². The Morgan fingerprint density at radius 2 is 2.20 bits per heavy atom. The number of halogens is 1. The summed E-state index contributed by atoms with van der Waals surface area (Å²) in [7, 11) is 2.12. The first-order valence-electron chi connectivity index (χ1n) is 5.10. The number of rotatable bonds is 1. The first-order valence-corrected chi connectivity index (χ1v) is 5.47. The first kappa shape index (κ1) is 10.5. The minimum Gasteiger partial charge on any atom is -0.399 e. The van der Waals surface area contributed by atoms with E-state index in [1.807, 2.05) is 18.2 Å². The van der Waals surface area contributed by atoms with Crippen LogP contribution in [0.1, 0.15) is 12.0 Å². The molecule has 80 valence electrons. The Bertz CT molecular complexity index is 399. The number of hydrogen-bond donors (Lipinski definition) is 1. The van der Waals surface area contributed by atoms with Crippen molar-refractivity contribution in [3.8, 4) is 0 Å². The Morgan fingerprint density at radius 1 is 1.40 bits per heavy atom. The largest absolute Gasteiger partial charge is 0.399 e. The average molecular weight is 223 g/mol. The summed E-state index contributed by atoms with van der Waals surface area (Å²) < 4.78 is 0. The second kappa shape index (κ2) is 4.25. The zero-order chi connectivity index (χ0) is 10.8. The van der Waals surface area contributed by atoms with Gasteiger partial charge in [0, 0.05) is 18.8 Å². The molecule has 0 saturated heterocycles. The van der Waals surface area contributed by atoms with E-state index < -0.39 is 0 Å². The molecule has 1 aliphatic rings. The van der Waals surface area contributed by atoms with Gasteiger partial charge in [0.05, 0.1) is 5.02 Å². The van der Waals surface area contributed by atoms with Crippen molar-refractivity contribution in [2.45, 2.75) is 6.42 Å². The molecule has 2 N–H and O–H groups in total. The van der Waals surface area contributed by atoms with Crippen LogP contribution in [0.25, 0.3) is 5.57 Å². The number of nitrogen functional groups attached to an aromatic ring is 1. The van der Waals surface area contributed by atoms with Crippen LogP contribution in [0.2, 0.25) is 5.02 Å². The molecule has 0 aromatic heterocycles. The molecule has 1 aliphatic heterocycles. The molecule has 0 fully saturated rings. The molecule has 0 aliphatic carbocycles. The number of likely N-dealkylation sites (N-methyl/N-ethyl adjacent to an activating group) is 1. The maximum atomic E-state index is 6.16. The lowest BCUT2D eigenvalue weighted by atomic mass is 9.99. The van der Waals surface area contributed by atoms with Gasteiger partial charge in [0.1, 0.15) is 0 Å². The maximum Gasteiger partial charge on any atom is 0.0501 e. The molecule has 0 unspecified atom stereocenters. The standard InChI is InChI=1S/C12H15ClN2/c1-15-6-4-9(5-7-15)11-3-2-10(14)8-12(11)13/h2-4,8H,5-7,14H2,1H3. The molecule has 2 rings (SSSR count). The van der Waals surface area contributed by atoms with Gasteiger partial charge in [-0.3, -0.25) is 0 Å². The number of hydrogen-bond acceptors (Lipinski definition) is 2. The van der Waals surface area contributed by atoms with Crippen LogP contribution in [0.5, 0.6) is 0 Å². The lowest BCUT2D eigenvalue weighted by Crippen LogP contribution is -2.23. The van der Waals surface area contributed by atoms with Gasteiger partial charge < -0.3 is 10.6 Å². The third-order valence-electron chi connectivity index (χ3n) is 2.75. The van der Waals surface area contributed by atoms with Crippen LogP contribution >= 0.6 is 11.6 Å². The minimum absolute atomic E-state index is 0.720. The predicted molar refractivity (Wildman–Crippen MR) is 66.0 cm³/mol. The van der Waals surface area contributed by atoms with Crippen LogP contribution in [-0.4, -0.2) is 25.0 Å². The molecule has 0 amide bonds. The smallest absolute Gasteiger partial charge is 0.0501 e. The van der Waals surface area contributed by atoms with Gasteiger partial charge in [-0.1, -0.05) is 23.7 Å². The van der Waals surface area contributed by atoms with Crippen molar-refractivity contribution in [1.82, 2.24) is 4.90 Å². The van der Waals surface area contributed by atoms with Crippen LogP contribution in [-0.2, 0) is 0 Å². The summed E-state index contributed by atoms with van der Waals surface area (Å²) in [6, 6.07) is 5.73. The third-order valence-corrected chi connectivity index (χ3v) is 3.06. The minimum atomic E-state index is 0.720. The molecule has 2 nitrogen and oxygen atoms in total. The molecule has 0 saturated carbocycles. The van der Waals surface area contributed by atoms with Gasteiger partial charge in [-0.25, -0.2) is 0 Å². The van der Waals surface area contributed by atoms with Crippen LogP contribution in [0, 0.1) is 0 Å². The van der Waals surface area contributed by atoms with Gasteiger partial charge in [-0.2, -0.15) is 0 Å². The number of nitrogens with two attached hydrogens (primary N) is 1. The summed E-state index contributed by atoms with van der Waals surface area (Å²) in [6.07, 6.45) is 3.29. The van der Waals surface area contributed by atoms with Crippen LogP contribution in [0.4, 0.5) is 5.69 Å². The topological polar surface area (TPSA) is 29.3 Å². The molecule has 1 aromatic carbocycles. The van der Waals surface area contributed by atoms with Crippen molar-refractivity contribution in [2.24, 2.45) is 0 Å². The molecule has 1 aromatic rings. The monoisotopic (exact) mass is 222 g/mol. The summed E-state index contributed by atoms with van der Waals surface area (Å²) in [5.74, 6) is 0. The summed E-state index contributed by atoms with van der Waals surface area (Å²) in [5.41, 5.74) is 8.84. The van der Waals surface area contributed by atoms with Crippen LogP contribution < -0.4 is 5.73 Å². The second-order valence-electron chi connectivity index (χ2n) is 3.98. The SMILES string of the molecule is CN1CC=C(c2ccc(N)cc2Cl)CC1. The highest BCUT2D eigenvalue weighted by Gasteiger charge is 2.11. The van der Waals surface area contributed by atoms with Gasteiger partial charge >= 0.3 is 0 Å². The predicted octanol–water partition coefficient (Wildman–Crippen LogP) is 2.64. The quantitative estimate of drug-likeness (QED) is 0.741. The summed E-state index contributed by atoms with van der Waals surface area (Å²) in [6.45, 7) is 2.09. The maximum absolute atomic E-state index is 6.16. The lowest BCUT2D eigenvalue weighted by molar-refractivity contribution is 0.370. The first-order chi connectivity index (χ1) is 7.16. The van der Waals surface area contributed by atoms with Gasteiger partial charge in [0.15, 0.2) is 0 Å². The van der Waals surface area contributed by atoms with E-state index in [9.17, 15) is 0 Å². The van der Waals surface area contributed by atoms with E-state index in [4.69, 9.17) is 17.3 Å². The second-order valence-corrected chi connectivity index (χ2v) is 4.39. The third kappa shape index (κ3) is 2.33. The molecule has 0 bridgehead atoms. The van der Waals surface area contributed by atoms with Crippen molar-refractivity contribution in [1.29, 1.82) is 0 Å². The van der Waals surface area contributed by atoms with E-state index in [0.29, 0.717) is 0 Å². The van der Waals surface area contributed by atoms with E-state index in [0.717, 1.165) is 35.8 Å². The zero-order valence-corrected chi connectivity index (χ0v) is 9.59. The average Bonchev–Trinajstić information content (AvgIpc) is 2.20. The summed E-state index contributed by atoms with van der Waals surface area (Å²) in [5, 5.41) is 0.755. The van der Waals surface area contributed by atoms with Crippen molar-refractivity contribution in [2.75, 3.05) is 25.9 Å². The normalized spacial score (nSPS) is 17.6. The van der Waals surface area contributed by atoms with Gasteiger partial charge in [-0.05, 0) is 36.7 Å². The molecule has 3 heteroatoms. The highest BCUT2D eigenvalue weighted by Crippen LogP contribution is 2.29. The molecule has 15 heavy (non-hydrogen) atoms. The number of nitrogens with zero attached hydrogens (tertiary/aromatic N) is 1. The van der Waals surface area contributed by atoms with Gasteiger partial charge in [-0.15, -0.1) is 0 Å². The lowest BCUT2D eigenvalue weighted by Gasteiger charge is -2.22. The van der Waals surface area contributed by atoms with E-state index >= 15 is 0 Å². The number of anilines is 1. The molecule has 0 radical (unpaired) electrons. The van der Waals surface area contributed by atoms with Crippen molar-refractivity contribution in [3.05, 3.63) is 34.9 Å². The van der Waals surface area contributed by atoms with Gasteiger partial charge in [0.2, 0.25) is 0 Å². The fourth-order valence-electron chi connectivity index (χ4n) is 1.81. The van der Waals surface area contributed by atoms with Crippen LogP contribution in [0.15, 0.2) is 24.3 Å². The molecule has 0 spiro atoms. The number of benzene rings is 1. The summed E-state index contributed by atoms with van der Waals surface area (Å²) >= 11 is 6.16. The van der Waals surface area contributed by atoms with E-state index in [1.165, 1.54) is 5.57 Å². The van der Waals surface area contributed by atoms with E-state index in [-0.39, 0.29) is 0 Å². The Labute approximate surface area is 95.3 Å². The Morgan fingerprint density at radius 3 is 2.80 bits per heavy atom. The van der Waals surface area contributed by atoms with Gasteiger partial charge in [0.25, 0.3) is 0 Å². The fraction of sp³-hybridized carbons (Fsp3) is 0.333. The Hall–Kier alpha value is -0.990. The molecular weight excluding hydrogens is 208 g/mol. The van der Waals surface area contributed by atoms with Crippen molar-refractivity contribution >= 4 is 22.9 Å². The zero-order valence-electron chi connectivity index (χ0n) is 8.83. The summed E-state index contributed by atoms with van der Waals surface area (Å²) in [4.78, 5) is 2.29. The molecular formula is C12H15ClN2. The fourth-order valence-corrected chi connectivity index (χ4v) is 2.12. The molecule has 0 atom stereocenters. The van der Waals surface area contributed by atoms with E-state index in [2.05, 4.69) is 18.0 Å². The Balaban J connectivity index is 2.30.